The fourth-order valence-electron chi connectivity index (χ4n) is 2.91. The molecule has 22 heavy (non-hydrogen) atoms. The van der Waals surface area contributed by atoms with Gasteiger partial charge in [-0.3, -0.25) is 0 Å². The van der Waals surface area contributed by atoms with Gasteiger partial charge in [0.25, 0.3) is 0 Å². The zero-order valence-electron chi connectivity index (χ0n) is 12.9. The minimum Gasteiger partial charge on any atom is -0.453 e. The number of carbonyl (C=O) groups is 1. The number of hydrogen-bond acceptors (Lipinski definition) is 2. The van der Waals surface area contributed by atoms with Gasteiger partial charge in [0.05, 0.1) is 5.56 Å². The van der Waals surface area contributed by atoms with E-state index in [-0.39, 0.29) is 11.7 Å². The van der Waals surface area contributed by atoms with Gasteiger partial charge in [-0.1, -0.05) is 49.7 Å². The van der Waals surface area contributed by atoms with Crippen molar-refractivity contribution < 1.29 is 13.9 Å². The molecule has 2 aromatic rings. The first-order valence-electron chi connectivity index (χ1n) is 7.68. The molecule has 1 heterocycles. The number of ether oxygens (including phenoxy) is 1. The third-order valence-electron chi connectivity index (χ3n) is 4.17. The summed E-state index contributed by atoms with van der Waals surface area (Å²) >= 11 is 0. The largest absolute Gasteiger partial charge is 0.453 e. The molecule has 1 aliphatic rings. The van der Waals surface area contributed by atoms with Gasteiger partial charge in [-0.25, -0.2) is 9.18 Å². The van der Waals surface area contributed by atoms with Crippen LogP contribution in [0.5, 0.6) is 0 Å². The summed E-state index contributed by atoms with van der Waals surface area (Å²) in [7, 11) is 0. The Morgan fingerprint density at radius 1 is 1.18 bits per heavy atom. The molecule has 0 spiro atoms. The highest BCUT2D eigenvalue weighted by molar-refractivity contribution is 5.92. The van der Waals surface area contributed by atoms with E-state index in [1.54, 1.807) is 13.0 Å². The summed E-state index contributed by atoms with van der Waals surface area (Å²) in [5.41, 5.74) is 3.52. The Bertz CT molecular complexity index is 704. The highest BCUT2D eigenvalue weighted by Crippen LogP contribution is 2.32. The van der Waals surface area contributed by atoms with E-state index in [9.17, 15) is 9.18 Å². The van der Waals surface area contributed by atoms with Crippen LogP contribution in [-0.2, 0) is 17.6 Å². The van der Waals surface area contributed by atoms with Crippen LogP contribution in [0.3, 0.4) is 0 Å². The fourth-order valence-corrected chi connectivity index (χ4v) is 2.91. The van der Waals surface area contributed by atoms with Crippen LogP contribution in [0.25, 0.3) is 0 Å². The van der Waals surface area contributed by atoms with E-state index in [1.165, 1.54) is 5.56 Å². The van der Waals surface area contributed by atoms with E-state index in [0.29, 0.717) is 12.0 Å². The third-order valence-corrected chi connectivity index (χ3v) is 4.17. The molecule has 2 aromatic carbocycles. The lowest BCUT2D eigenvalue weighted by molar-refractivity contribution is 0.0245. The van der Waals surface area contributed by atoms with Crippen LogP contribution in [0.15, 0.2) is 36.4 Å². The lowest BCUT2D eigenvalue weighted by atomic mass is 9.92. The molecule has 0 saturated heterocycles. The van der Waals surface area contributed by atoms with E-state index < -0.39 is 11.8 Å². The van der Waals surface area contributed by atoms with Crippen molar-refractivity contribution in [1.82, 2.24) is 0 Å². The molecule has 0 aliphatic carbocycles. The molecule has 0 fully saturated rings. The Kier molecular flexibility index (Phi) is 3.97. The number of benzene rings is 2. The van der Waals surface area contributed by atoms with Crippen molar-refractivity contribution in [3.05, 3.63) is 70.0 Å². The average Bonchev–Trinajstić information content (AvgIpc) is 2.51. The second-order valence-electron chi connectivity index (χ2n) is 5.82. The first kappa shape index (κ1) is 14.8. The van der Waals surface area contributed by atoms with Crippen LogP contribution in [0.2, 0.25) is 0 Å². The van der Waals surface area contributed by atoms with E-state index in [1.807, 2.05) is 18.2 Å². The van der Waals surface area contributed by atoms with Crippen LogP contribution in [0.1, 0.15) is 52.1 Å². The van der Waals surface area contributed by atoms with Crippen LogP contribution in [0.4, 0.5) is 4.39 Å². The first-order chi connectivity index (χ1) is 10.6. The minimum absolute atomic E-state index is 0.0962. The fraction of sp³-hybridized carbons (Fsp3) is 0.316. The zero-order chi connectivity index (χ0) is 15.7. The zero-order valence-corrected chi connectivity index (χ0v) is 12.9. The summed E-state index contributed by atoms with van der Waals surface area (Å²) in [6.45, 7) is 3.80. The van der Waals surface area contributed by atoms with Crippen molar-refractivity contribution in [2.45, 2.75) is 39.2 Å². The monoisotopic (exact) mass is 298 g/mol. The summed E-state index contributed by atoms with van der Waals surface area (Å²) in [6, 6.07) is 11.7. The van der Waals surface area contributed by atoms with Gasteiger partial charge < -0.3 is 4.74 Å². The minimum atomic E-state index is -0.565. The van der Waals surface area contributed by atoms with E-state index >= 15 is 0 Å². The SMILES string of the molecule is CCCc1ccc(C2Cc3ccc(C)c(F)c3C(=O)O2)cc1. The molecule has 0 saturated carbocycles. The number of esters is 1. The molecule has 0 N–H and O–H groups in total. The Morgan fingerprint density at radius 2 is 1.91 bits per heavy atom. The number of fused-ring (bicyclic) bond motifs is 1. The maximum atomic E-state index is 14.1. The van der Waals surface area contributed by atoms with E-state index in [4.69, 9.17) is 4.74 Å². The molecule has 1 aliphatic heterocycles. The van der Waals surface area contributed by atoms with Gasteiger partial charge in [0.2, 0.25) is 0 Å². The Hall–Kier alpha value is -2.16. The van der Waals surface area contributed by atoms with Gasteiger partial charge in [0.1, 0.15) is 11.9 Å². The molecule has 1 atom stereocenters. The predicted octanol–water partition coefficient (Wildman–Crippen LogP) is 4.54. The van der Waals surface area contributed by atoms with Crippen molar-refractivity contribution in [2.24, 2.45) is 0 Å². The van der Waals surface area contributed by atoms with Crippen molar-refractivity contribution in [1.29, 1.82) is 0 Å². The Morgan fingerprint density at radius 3 is 2.59 bits per heavy atom. The van der Waals surface area contributed by atoms with Gasteiger partial charge in [0, 0.05) is 6.42 Å². The average molecular weight is 298 g/mol. The van der Waals surface area contributed by atoms with Gasteiger partial charge in [0.15, 0.2) is 0 Å². The summed E-state index contributed by atoms with van der Waals surface area (Å²) in [5.74, 6) is -1.02. The molecule has 1 unspecified atom stereocenters. The molecule has 2 nitrogen and oxygen atoms in total. The normalized spacial score (nSPS) is 17.0. The maximum Gasteiger partial charge on any atom is 0.342 e. The lowest BCUT2D eigenvalue weighted by Crippen LogP contribution is -2.23. The Labute approximate surface area is 129 Å². The second kappa shape index (κ2) is 5.91. The quantitative estimate of drug-likeness (QED) is 0.778. The number of aryl methyl sites for hydroxylation is 2. The summed E-state index contributed by atoms with van der Waals surface area (Å²) in [4.78, 5) is 12.1. The molecule has 3 heteroatoms. The van der Waals surface area contributed by atoms with Crippen molar-refractivity contribution >= 4 is 5.97 Å². The summed E-state index contributed by atoms with van der Waals surface area (Å²) < 4.78 is 19.6. The second-order valence-corrected chi connectivity index (χ2v) is 5.82. The Balaban J connectivity index is 1.89. The van der Waals surface area contributed by atoms with Gasteiger partial charge in [-0.05, 0) is 35.6 Å². The smallest absolute Gasteiger partial charge is 0.342 e. The van der Waals surface area contributed by atoms with Gasteiger partial charge >= 0.3 is 5.97 Å². The molecule has 0 radical (unpaired) electrons. The number of hydrogen-bond donors (Lipinski definition) is 0. The predicted molar refractivity (Wildman–Crippen MR) is 83.4 cm³/mol. The summed E-state index contributed by atoms with van der Waals surface area (Å²) in [6.07, 6.45) is 2.32. The topological polar surface area (TPSA) is 26.3 Å². The van der Waals surface area contributed by atoms with Crippen LogP contribution in [0, 0.1) is 12.7 Å². The van der Waals surface area contributed by atoms with Crippen LogP contribution in [-0.4, -0.2) is 5.97 Å². The van der Waals surface area contributed by atoms with Crippen molar-refractivity contribution in [3.63, 3.8) is 0 Å². The standard InChI is InChI=1S/C19H19FO2/c1-3-4-13-6-9-14(10-7-13)16-11-15-8-5-12(2)18(20)17(15)19(21)22-16/h5-10,16H,3-4,11H2,1-2H3. The lowest BCUT2D eigenvalue weighted by Gasteiger charge is -2.25. The van der Waals surface area contributed by atoms with Crippen molar-refractivity contribution in [3.8, 4) is 0 Å². The molecular weight excluding hydrogens is 279 g/mol. The molecule has 0 amide bonds. The number of cyclic esters (lactones) is 1. The van der Waals surface area contributed by atoms with Gasteiger partial charge in [-0.15, -0.1) is 0 Å². The van der Waals surface area contributed by atoms with E-state index in [0.717, 1.165) is 24.0 Å². The van der Waals surface area contributed by atoms with Crippen LogP contribution >= 0.6 is 0 Å². The highest BCUT2D eigenvalue weighted by Gasteiger charge is 2.30. The molecule has 0 bridgehead atoms. The third kappa shape index (κ3) is 2.63. The highest BCUT2D eigenvalue weighted by atomic mass is 19.1. The maximum absolute atomic E-state index is 14.1. The summed E-state index contributed by atoms with van der Waals surface area (Å²) in [5, 5.41) is 0. The number of rotatable bonds is 3. The molecule has 0 aromatic heterocycles. The number of carbonyl (C=O) groups excluding carboxylic acids is 1. The van der Waals surface area contributed by atoms with Crippen LogP contribution < -0.4 is 0 Å². The molecular formula is C19H19FO2. The van der Waals surface area contributed by atoms with E-state index in [2.05, 4.69) is 19.1 Å². The van der Waals surface area contributed by atoms with Gasteiger partial charge in [-0.2, -0.15) is 0 Å². The first-order valence-corrected chi connectivity index (χ1v) is 7.68. The molecule has 114 valence electrons. The molecule has 3 rings (SSSR count). The number of halogens is 1. The van der Waals surface area contributed by atoms with Crippen molar-refractivity contribution in [2.75, 3.05) is 0 Å².